The third-order valence-electron chi connectivity index (χ3n) is 3.27. The summed E-state index contributed by atoms with van der Waals surface area (Å²) in [6, 6.07) is 8.15. The molecule has 0 radical (unpaired) electrons. The number of benzene rings is 1. The first-order valence-corrected chi connectivity index (χ1v) is 8.96. The third-order valence-corrected chi connectivity index (χ3v) is 4.18. The van der Waals surface area contributed by atoms with Crippen LogP contribution in [0.3, 0.4) is 0 Å². The monoisotopic (exact) mass is 346 g/mol. The largest absolute Gasteiger partial charge is 0.493 e. The second-order valence-corrected chi connectivity index (χ2v) is 7.31. The molecular weight excluding hydrogens is 320 g/mol. The van der Waals surface area contributed by atoms with Gasteiger partial charge in [0.05, 0.1) is 13.2 Å². The van der Waals surface area contributed by atoms with Crippen LogP contribution in [0.15, 0.2) is 35.5 Å². The maximum atomic E-state index is 5.70. The Morgan fingerprint density at radius 3 is 2.50 bits per heavy atom. The van der Waals surface area contributed by atoms with E-state index in [1.165, 1.54) is 10.4 Å². The number of guanidine groups is 1. The van der Waals surface area contributed by atoms with Crippen molar-refractivity contribution < 1.29 is 4.74 Å². The van der Waals surface area contributed by atoms with Crippen LogP contribution in [-0.2, 0) is 13.1 Å². The number of hydrogen-bond acceptors (Lipinski definition) is 4. The Balaban J connectivity index is 1.78. The number of ether oxygens (including phenoxy) is 1. The predicted octanol–water partition coefficient (Wildman–Crippen LogP) is 3.35. The van der Waals surface area contributed by atoms with Crippen molar-refractivity contribution in [1.82, 2.24) is 15.6 Å². The van der Waals surface area contributed by atoms with Crippen LogP contribution in [0.1, 0.15) is 29.3 Å². The predicted molar refractivity (Wildman–Crippen MR) is 101 cm³/mol. The van der Waals surface area contributed by atoms with Crippen LogP contribution in [0.2, 0.25) is 0 Å². The van der Waals surface area contributed by atoms with Crippen LogP contribution < -0.4 is 15.4 Å². The summed E-state index contributed by atoms with van der Waals surface area (Å²) in [5.74, 6) is 2.21. The van der Waals surface area contributed by atoms with Gasteiger partial charge >= 0.3 is 0 Å². The molecule has 2 N–H and O–H groups in total. The van der Waals surface area contributed by atoms with Gasteiger partial charge in [0.1, 0.15) is 10.8 Å². The van der Waals surface area contributed by atoms with E-state index in [-0.39, 0.29) is 0 Å². The molecule has 0 fully saturated rings. The standard InChI is InChI=1S/C18H26N4OS/c1-13(2)12-23-16-7-5-15(6-8-16)10-21-18(19-4)22-11-17-20-9-14(3)24-17/h5-9,13H,10-12H2,1-4H3,(H2,19,21,22). The molecule has 0 spiro atoms. The summed E-state index contributed by atoms with van der Waals surface area (Å²) in [6.07, 6.45) is 1.89. The van der Waals surface area contributed by atoms with E-state index in [9.17, 15) is 0 Å². The number of hydrogen-bond donors (Lipinski definition) is 2. The minimum absolute atomic E-state index is 0.530. The fraction of sp³-hybridized carbons (Fsp3) is 0.444. The minimum Gasteiger partial charge on any atom is -0.493 e. The van der Waals surface area contributed by atoms with Crippen LogP contribution in [-0.4, -0.2) is 24.6 Å². The molecule has 24 heavy (non-hydrogen) atoms. The molecule has 2 aromatic rings. The topological polar surface area (TPSA) is 58.5 Å². The zero-order valence-electron chi connectivity index (χ0n) is 14.8. The quantitative estimate of drug-likeness (QED) is 0.596. The van der Waals surface area contributed by atoms with Gasteiger partial charge in [-0.05, 0) is 30.5 Å². The van der Waals surface area contributed by atoms with Crippen LogP contribution in [0.4, 0.5) is 0 Å². The van der Waals surface area contributed by atoms with Gasteiger partial charge in [0.15, 0.2) is 5.96 Å². The molecule has 1 aromatic heterocycles. The summed E-state index contributed by atoms with van der Waals surface area (Å²) in [4.78, 5) is 9.79. The second kappa shape index (κ2) is 9.27. The number of aromatic nitrogens is 1. The smallest absolute Gasteiger partial charge is 0.191 e. The first kappa shape index (κ1) is 18.3. The van der Waals surface area contributed by atoms with Gasteiger partial charge in [-0.25, -0.2) is 4.98 Å². The zero-order valence-corrected chi connectivity index (χ0v) is 15.6. The molecule has 0 saturated carbocycles. The van der Waals surface area contributed by atoms with Gasteiger partial charge in [-0.3, -0.25) is 4.99 Å². The third kappa shape index (κ3) is 6.20. The fourth-order valence-electron chi connectivity index (χ4n) is 2.02. The molecule has 5 nitrogen and oxygen atoms in total. The number of aliphatic imine (C=N–C) groups is 1. The Hall–Kier alpha value is -2.08. The Kier molecular flexibility index (Phi) is 7.06. The van der Waals surface area contributed by atoms with Gasteiger partial charge in [-0.15, -0.1) is 11.3 Å². The summed E-state index contributed by atoms with van der Waals surface area (Å²) in [5.41, 5.74) is 1.18. The molecule has 2 rings (SSSR count). The Morgan fingerprint density at radius 1 is 1.21 bits per heavy atom. The lowest BCUT2D eigenvalue weighted by Gasteiger charge is -2.12. The van der Waals surface area contributed by atoms with E-state index >= 15 is 0 Å². The van der Waals surface area contributed by atoms with Crippen molar-refractivity contribution in [3.63, 3.8) is 0 Å². The van der Waals surface area contributed by atoms with Crippen LogP contribution >= 0.6 is 11.3 Å². The van der Waals surface area contributed by atoms with Crippen LogP contribution in [0.25, 0.3) is 0 Å². The number of rotatable bonds is 7. The lowest BCUT2D eigenvalue weighted by Crippen LogP contribution is -2.36. The summed E-state index contributed by atoms with van der Waals surface area (Å²) >= 11 is 1.69. The minimum atomic E-state index is 0.530. The highest BCUT2D eigenvalue weighted by molar-refractivity contribution is 7.11. The van der Waals surface area contributed by atoms with Crippen molar-refractivity contribution in [2.24, 2.45) is 10.9 Å². The van der Waals surface area contributed by atoms with E-state index in [1.807, 2.05) is 18.3 Å². The first-order chi connectivity index (χ1) is 11.6. The van der Waals surface area contributed by atoms with Crippen molar-refractivity contribution in [2.45, 2.75) is 33.9 Å². The maximum Gasteiger partial charge on any atom is 0.191 e. The average Bonchev–Trinajstić information content (AvgIpc) is 2.99. The Morgan fingerprint density at radius 2 is 1.92 bits per heavy atom. The van der Waals surface area contributed by atoms with E-state index in [0.29, 0.717) is 19.0 Å². The Bertz CT molecular complexity index is 649. The molecule has 1 heterocycles. The van der Waals surface area contributed by atoms with Gasteiger partial charge in [0.2, 0.25) is 0 Å². The molecular formula is C18H26N4OS. The highest BCUT2D eigenvalue weighted by Crippen LogP contribution is 2.13. The van der Waals surface area contributed by atoms with E-state index in [1.54, 1.807) is 18.4 Å². The molecule has 0 saturated heterocycles. The fourth-order valence-corrected chi connectivity index (χ4v) is 2.74. The highest BCUT2D eigenvalue weighted by Gasteiger charge is 2.02. The van der Waals surface area contributed by atoms with Crippen molar-refractivity contribution in [3.05, 3.63) is 45.9 Å². The van der Waals surface area contributed by atoms with Gasteiger partial charge in [-0.2, -0.15) is 0 Å². The van der Waals surface area contributed by atoms with Gasteiger partial charge < -0.3 is 15.4 Å². The van der Waals surface area contributed by atoms with Crippen LogP contribution in [0, 0.1) is 12.8 Å². The molecule has 0 bridgehead atoms. The average molecular weight is 347 g/mol. The van der Waals surface area contributed by atoms with Gasteiger partial charge in [0.25, 0.3) is 0 Å². The van der Waals surface area contributed by atoms with Crippen molar-refractivity contribution in [2.75, 3.05) is 13.7 Å². The highest BCUT2D eigenvalue weighted by atomic mass is 32.1. The maximum absolute atomic E-state index is 5.70. The van der Waals surface area contributed by atoms with E-state index < -0.39 is 0 Å². The van der Waals surface area contributed by atoms with E-state index in [4.69, 9.17) is 4.74 Å². The number of thiazole rings is 1. The molecule has 0 unspecified atom stereocenters. The summed E-state index contributed by atoms with van der Waals surface area (Å²) in [5, 5.41) is 7.64. The van der Waals surface area contributed by atoms with Crippen LogP contribution in [0.5, 0.6) is 5.75 Å². The number of nitrogens with one attached hydrogen (secondary N) is 2. The van der Waals surface area contributed by atoms with Crippen molar-refractivity contribution >= 4 is 17.3 Å². The summed E-state index contributed by atoms with van der Waals surface area (Å²) < 4.78 is 5.70. The Labute approximate surface area is 148 Å². The van der Waals surface area contributed by atoms with E-state index in [2.05, 4.69) is 53.5 Å². The second-order valence-electron chi connectivity index (χ2n) is 5.99. The normalized spacial score (nSPS) is 11.6. The van der Waals surface area contributed by atoms with Gasteiger partial charge in [-0.1, -0.05) is 26.0 Å². The lowest BCUT2D eigenvalue weighted by atomic mass is 10.2. The molecule has 0 aliphatic rings. The number of nitrogens with zero attached hydrogens (tertiary/aromatic N) is 2. The summed E-state index contributed by atoms with van der Waals surface area (Å²) in [7, 11) is 1.77. The molecule has 0 aliphatic carbocycles. The molecule has 0 amide bonds. The van der Waals surface area contributed by atoms with Crippen molar-refractivity contribution in [1.29, 1.82) is 0 Å². The first-order valence-electron chi connectivity index (χ1n) is 8.14. The van der Waals surface area contributed by atoms with Gasteiger partial charge in [0, 0.05) is 24.7 Å². The summed E-state index contributed by atoms with van der Waals surface area (Å²) in [6.45, 7) is 8.47. The zero-order chi connectivity index (χ0) is 17.4. The van der Waals surface area contributed by atoms with Crippen molar-refractivity contribution in [3.8, 4) is 5.75 Å². The molecule has 0 atom stereocenters. The molecule has 0 aliphatic heterocycles. The lowest BCUT2D eigenvalue weighted by molar-refractivity contribution is 0.271. The SMILES string of the molecule is CN=C(NCc1ccc(OCC(C)C)cc1)NCc1ncc(C)s1. The molecule has 6 heteroatoms. The molecule has 130 valence electrons. The molecule has 1 aromatic carbocycles. The van der Waals surface area contributed by atoms with E-state index in [0.717, 1.165) is 23.3 Å². The number of aryl methyl sites for hydroxylation is 1.